The van der Waals surface area contributed by atoms with Gasteiger partial charge in [-0.1, -0.05) is 11.6 Å². The highest BCUT2D eigenvalue weighted by atomic mass is 35.5. The molecule has 1 aromatic heterocycles. The van der Waals surface area contributed by atoms with Crippen molar-refractivity contribution < 1.29 is 8.78 Å². The third kappa shape index (κ3) is 2.49. The Balaban J connectivity index is 2.48. The van der Waals surface area contributed by atoms with Gasteiger partial charge >= 0.3 is 0 Å². The Hall–Kier alpha value is -0.970. The van der Waals surface area contributed by atoms with Crippen LogP contribution in [0.25, 0.3) is 0 Å². The molecule has 1 aromatic carbocycles. The van der Waals surface area contributed by atoms with Crippen LogP contribution in [0.15, 0.2) is 29.0 Å². The molecule has 0 spiro atoms. The number of hydrogen-bond donors (Lipinski definition) is 1. The molecule has 0 radical (unpaired) electrons. The van der Waals surface area contributed by atoms with E-state index in [0.717, 1.165) is 17.7 Å². The minimum atomic E-state index is -0.932. The first kappa shape index (κ1) is 12.5. The molecule has 0 aliphatic rings. The maximum atomic E-state index is 13.2. The van der Waals surface area contributed by atoms with Crippen molar-refractivity contribution >= 4 is 22.9 Å². The van der Waals surface area contributed by atoms with Gasteiger partial charge in [0.15, 0.2) is 11.6 Å². The van der Waals surface area contributed by atoms with Crippen molar-refractivity contribution in [2.24, 2.45) is 0 Å². The summed E-state index contributed by atoms with van der Waals surface area (Å²) in [7, 11) is 1.75. The van der Waals surface area contributed by atoms with Gasteiger partial charge < -0.3 is 5.32 Å². The van der Waals surface area contributed by atoms with Gasteiger partial charge in [-0.2, -0.15) is 11.3 Å². The topological polar surface area (TPSA) is 12.0 Å². The van der Waals surface area contributed by atoms with Gasteiger partial charge in [-0.15, -0.1) is 0 Å². The lowest BCUT2D eigenvalue weighted by Crippen LogP contribution is -2.17. The Labute approximate surface area is 107 Å². The molecule has 90 valence electrons. The summed E-state index contributed by atoms with van der Waals surface area (Å²) < 4.78 is 26.2. The number of nitrogens with one attached hydrogen (secondary N) is 1. The highest BCUT2D eigenvalue weighted by Crippen LogP contribution is 2.30. The minimum Gasteiger partial charge on any atom is -0.309 e. The number of thiophene rings is 1. The quantitative estimate of drug-likeness (QED) is 0.834. The van der Waals surface area contributed by atoms with Crippen molar-refractivity contribution in [1.29, 1.82) is 0 Å². The normalized spacial score (nSPS) is 12.7. The first-order valence-corrected chi connectivity index (χ1v) is 6.29. The summed E-state index contributed by atoms with van der Waals surface area (Å²) in [6.07, 6.45) is 0. The number of halogens is 3. The molecule has 0 saturated carbocycles. The predicted molar refractivity (Wildman–Crippen MR) is 66.6 cm³/mol. The summed E-state index contributed by atoms with van der Waals surface area (Å²) >= 11 is 7.49. The van der Waals surface area contributed by atoms with Crippen LogP contribution < -0.4 is 5.32 Å². The number of hydrogen-bond acceptors (Lipinski definition) is 2. The van der Waals surface area contributed by atoms with Gasteiger partial charge in [-0.3, -0.25) is 0 Å². The van der Waals surface area contributed by atoms with Crippen LogP contribution in [0.3, 0.4) is 0 Å². The molecule has 0 amide bonds. The summed E-state index contributed by atoms with van der Waals surface area (Å²) in [6.45, 7) is 0. The minimum absolute atomic E-state index is 0.217. The van der Waals surface area contributed by atoms with Gasteiger partial charge in [0.2, 0.25) is 0 Å². The highest BCUT2D eigenvalue weighted by molar-refractivity contribution is 7.08. The van der Waals surface area contributed by atoms with E-state index in [2.05, 4.69) is 5.32 Å². The molecule has 0 bridgehead atoms. The lowest BCUT2D eigenvalue weighted by Gasteiger charge is -2.17. The van der Waals surface area contributed by atoms with Crippen molar-refractivity contribution in [2.75, 3.05) is 7.05 Å². The third-order valence-corrected chi connectivity index (χ3v) is 3.54. The van der Waals surface area contributed by atoms with Crippen LogP contribution in [-0.4, -0.2) is 7.05 Å². The van der Waals surface area contributed by atoms with Crippen molar-refractivity contribution in [1.82, 2.24) is 5.32 Å². The molecule has 1 atom stereocenters. The second-order valence-corrected chi connectivity index (χ2v) is 4.75. The summed E-state index contributed by atoms with van der Waals surface area (Å²) in [5, 5.41) is 7.13. The molecule has 0 saturated heterocycles. The molecule has 1 unspecified atom stereocenters. The van der Waals surface area contributed by atoms with Gasteiger partial charge in [-0.25, -0.2) is 8.78 Å². The van der Waals surface area contributed by atoms with Gasteiger partial charge in [0.1, 0.15) is 0 Å². The number of rotatable bonds is 3. The molecule has 0 aliphatic heterocycles. The standard InChI is InChI=1S/C12H10ClF2NS/c1-16-12(7-2-3-17-6-7)8-4-10(14)11(15)5-9(8)13/h2-6,12,16H,1H3. The van der Waals surface area contributed by atoms with Crippen LogP contribution in [-0.2, 0) is 0 Å². The lowest BCUT2D eigenvalue weighted by atomic mass is 10.0. The molecular formula is C12H10ClF2NS. The fourth-order valence-corrected chi connectivity index (χ4v) is 2.65. The van der Waals surface area contributed by atoms with E-state index in [0.29, 0.717) is 5.56 Å². The Bertz CT molecular complexity index is 513. The summed E-state index contributed by atoms with van der Waals surface area (Å²) in [4.78, 5) is 0. The molecule has 1 N–H and O–H groups in total. The van der Waals surface area contributed by atoms with Crippen molar-refractivity contribution in [3.05, 3.63) is 56.7 Å². The second-order valence-electron chi connectivity index (χ2n) is 3.57. The maximum Gasteiger partial charge on any atom is 0.160 e. The van der Waals surface area contributed by atoms with Crippen LogP contribution in [0, 0.1) is 11.6 Å². The van der Waals surface area contributed by atoms with Crippen LogP contribution in [0.4, 0.5) is 8.78 Å². The average Bonchev–Trinajstić information content (AvgIpc) is 2.80. The molecule has 2 rings (SSSR count). The van der Waals surface area contributed by atoms with Crippen LogP contribution >= 0.6 is 22.9 Å². The predicted octanol–water partition coefficient (Wildman–Crippen LogP) is 3.99. The lowest BCUT2D eigenvalue weighted by molar-refractivity contribution is 0.505. The van der Waals surface area contributed by atoms with Crippen LogP contribution in [0.1, 0.15) is 17.2 Å². The largest absolute Gasteiger partial charge is 0.309 e. The highest BCUT2D eigenvalue weighted by Gasteiger charge is 2.18. The van der Waals surface area contributed by atoms with Crippen molar-refractivity contribution in [3.8, 4) is 0 Å². The summed E-state index contributed by atoms with van der Waals surface area (Å²) in [5.74, 6) is -1.82. The monoisotopic (exact) mass is 273 g/mol. The first-order chi connectivity index (χ1) is 8.13. The molecule has 0 aliphatic carbocycles. The Morgan fingerprint density at radius 3 is 2.59 bits per heavy atom. The van der Waals surface area contributed by atoms with E-state index >= 15 is 0 Å². The molecule has 1 nitrogen and oxygen atoms in total. The van der Waals surface area contributed by atoms with Gasteiger partial charge in [0, 0.05) is 5.02 Å². The summed E-state index contributed by atoms with van der Waals surface area (Å²) in [5.41, 5.74) is 1.51. The fraction of sp³-hybridized carbons (Fsp3) is 0.167. The first-order valence-electron chi connectivity index (χ1n) is 4.97. The molecule has 5 heteroatoms. The van der Waals surface area contributed by atoms with E-state index in [-0.39, 0.29) is 11.1 Å². The molecule has 0 fully saturated rings. The molecule has 1 heterocycles. The fourth-order valence-electron chi connectivity index (χ4n) is 1.70. The molecular weight excluding hydrogens is 264 g/mol. The SMILES string of the molecule is CNC(c1ccsc1)c1cc(F)c(F)cc1Cl. The van der Waals surface area contributed by atoms with Crippen LogP contribution in [0.2, 0.25) is 5.02 Å². The Morgan fingerprint density at radius 1 is 1.29 bits per heavy atom. The van der Waals surface area contributed by atoms with Gasteiger partial charge in [-0.05, 0) is 47.1 Å². The smallest absolute Gasteiger partial charge is 0.160 e. The van der Waals surface area contributed by atoms with Gasteiger partial charge in [0.25, 0.3) is 0 Å². The van der Waals surface area contributed by atoms with E-state index < -0.39 is 11.6 Å². The zero-order valence-electron chi connectivity index (χ0n) is 9.01. The van der Waals surface area contributed by atoms with E-state index in [1.54, 1.807) is 18.4 Å². The van der Waals surface area contributed by atoms with E-state index in [9.17, 15) is 8.78 Å². The summed E-state index contributed by atoms with van der Waals surface area (Å²) in [6, 6.07) is 3.83. The maximum absolute atomic E-state index is 13.2. The van der Waals surface area contributed by atoms with E-state index in [1.165, 1.54) is 0 Å². The van der Waals surface area contributed by atoms with Crippen molar-refractivity contribution in [2.45, 2.75) is 6.04 Å². The van der Waals surface area contributed by atoms with E-state index in [1.807, 2.05) is 16.8 Å². The van der Waals surface area contributed by atoms with E-state index in [4.69, 9.17) is 11.6 Å². The molecule has 2 aromatic rings. The Kier molecular flexibility index (Phi) is 3.76. The second kappa shape index (κ2) is 5.12. The van der Waals surface area contributed by atoms with Crippen LogP contribution in [0.5, 0.6) is 0 Å². The number of benzene rings is 1. The average molecular weight is 274 g/mol. The van der Waals surface area contributed by atoms with Crippen molar-refractivity contribution in [3.63, 3.8) is 0 Å². The molecule has 17 heavy (non-hydrogen) atoms. The Morgan fingerprint density at radius 2 is 2.00 bits per heavy atom. The zero-order valence-corrected chi connectivity index (χ0v) is 10.6. The van der Waals surface area contributed by atoms with Gasteiger partial charge in [0.05, 0.1) is 6.04 Å². The third-order valence-electron chi connectivity index (χ3n) is 2.52. The zero-order chi connectivity index (χ0) is 12.4.